The van der Waals surface area contributed by atoms with Crippen molar-refractivity contribution in [3.05, 3.63) is 59.3 Å². The number of hydrogen-bond acceptors (Lipinski definition) is 4. The van der Waals surface area contributed by atoms with E-state index >= 15 is 0 Å². The first-order valence-corrected chi connectivity index (χ1v) is 8.94. The molecule has 0 radical (unpaired) electrons. The number of benzene rings is 1. The standard InChI is InChI=1S/C20H21N5O/c1-13-16-5-2-6-17(16)25-19(23-13)9-11-22-20(26)24-15-8-7-14-4-3-10-21-18(14)12-15/h3-4,7-8,10,12H,2,5-6,9,11H2,1H3,(H2,22,24,26). The van der Waals surface area contributed by atoms with E-state index in [1.54, 1.807) is 6.20 Å². The number of nitrogens with zero attached hydrogens (tertiary/aromatic N) is 3. The summed E-state index contributed by atoms with van der Waals surface area (Å²) in [7, 11) is 0. The number of amides is 2. The number of carbonyl (C=O) groups excluding carboxylic acids is 1. The second-order valence-electron chi connectivity index (χ2n) is 6.55. The highest BCUT2D eigenvalue weighted by Crippen LogP contribution is 2.22. The SMILES string of the molecule is Cc1nc(CCNC(=O)Nc2ccc3cccnc3c2)nc2c1CCC2. The van der Waals surface area contributed by atoms with Gasteiger partial charge in [0.15, 0.2) is 0 Å². The lowest BCUT2D eigenvalue weighted by Gasteiger charge is -2.09. The molecule has 132 valence electrons. The molecule has 26 heavy (non-hydrogen) atoms. The molecule has 1 aromatic carbocycles. The average molecular weight is 347 g/mol. The molecule has 0 bridgehead atoms. The Morgan fingerprint density at radius 2 is 2.12 bits per heavy atom. The topological polar surface area (TPSA) is 79.8 Å². The highest BCUT2D eigenvalue weighted by Gasteiger charge is 2.16. The van der Waals surface area contributed by atoms with Crippen LogP contribution in [0.4, 0.5) is 10.5 Å². The zero-order chi connectivity index (χ0) is 17.9. The maximum Gasteiger partial charge on any atom is 0.319 e. The van der Waals surface area contributed by atoms with Crippen LogP contribution in [0.1, 0.15) is 29.2 Å². The number of hydrogen-bond donors (Lipinski definition) is 2. The first-order valence-electron chi connectivity index (χ1n) is 8.94. The van der Waals surface area contributed by atoms with Crippen LogP contribution in [-0.2, 0) is 19.3 Å². The smallest absolute Gasteiger partial charge is 0.319 e. The van der Waals surface area contributed by atoms with Gasteiger partial charge in [0.25, 0.3) is 0 Å². The molecule has 2 amide bonds. The Labute approximate surface area is 152 Å². The lowest BCUT2D eigenvalue weighted by molar-refractivity contribution is 0.252. The third-order valence-electron chi connectivity index (χ3n) is 4.68. The van der Waals surface area contributed by atoms with Crippen molar-refractivity contribution in [2.24, 2.45) is 0 Å². The summed E-state index contributed by atoms with van der Waals surface area (Å²) >= 11 is 0. The Balaban J connectivity index is 1.33. The summed E-state index contributed by atoms with van der Waals surface area (Å²) in [6.07, 6.45) is 5.65. The van der Waals surface area contributed by atoms with Crippen molar-refractivity contribution in [3.8, 4) is 0 Å². The molecule has 1 aliphatic carbocycles. The van der Waals surface area contributed by atoms with E-state index in [9.17, 15) is 4.79 Å². The van der Waals surface area contributed by atoms with Gasteiger partial charge in [-0.05, 0) is 49.9 Å². The van der Waals surface area contributed by atoms with Crippen molar-refractivity contribution in [3.63, 3.8) is 0 Å². The first kappa shape index (κ1) is 16.4. The van der Waals surface area contributed by atoms with Crippen LogP contribution in [0, 0.1) is 6.92 Å². The van der Waals surface area contributed by atoms with Gasteiger partial charge in [0.1, 0.15) is 5.82 Å². The maximum atomic E-state index is 12.1. The minimum atomic E-state index is -0.238. The molecule has 6 nitrogen and oxygen atoms in total. The molecular weight excluding hydrogens is 326 g/mol. The lowest BCUT2D eigenvalue weighted by atomic mass is 10.2. The van der Waals surface area contributed by atoms with E-state index in [0.717, 1.165) is 47.4 Å². The highest BCUT2D eigenvalue weighted by molar-refractivity contribution is 5.92. The monoisotopic (exact) mass is 347 g/mol. The average Bonchev–Trinajstić information content (AvgIpc) is 3.11. The minimum Gasteiger partial charge on any atom is -0.337 e. The summed E-state index contributed by atoms with van der Waals surface area (Å²) in [5, 5.41) is 6.75. The fraction of sp³-hybridized carbons (Fsp3) is 0.300. The zero-order valence-electron chi connectivity index (χ0n) is 14.7. The number of carbonyl (C=O) groups is 1. The number of aryl methyl sites for hydroxylation is 2. The van der Waals surface area contributed by atoms with Crippen LogP contribution in [0.25, 0.3) is 10.9 Å². The van der Waals surface area contributed by atoms with Gasteiger partial charge in [0.2, 0.25) is 0 Å². The molecule has 1 aliphatic rings. The minimum absolute atomic E-state index is 0.238. The van der Waals surface area contributed by atoms with Gasteiger partial charge in [-0.1, -0.05) is 12.1 Å². The van der Waals surface area contributed by atoms with Gasteiger partial charge in [-0.3, -0.25) is 4.98 Å². The molecule has 0 saturated carbocycles. The summed E-state index contributed by atoms with van der Waals surface area (Å²) in [6, 6.07) is 9.32. The second-order valence-corrected chi connectivity index (χ2v) is 6.55. The zero-order valence-corrected chi connectivity index (χ0v) is 14.7. The molecule has 2 N–H and O–H groups in total. The van der Waals surface area contributed by atoms with Crippen LogP contribution in [-0.4, -0.2) is 27.5 Å². The predicted octanol–water partition coefficient (Wildman–Crippen LogP) is 3.19. The number of rotatable bonds is 4. The van der Waals surface area contributed by atoms with E-state index in [2.05, 4.69) is 25.6 Å². The molecule has 0 fully saturated rings. The number of urea groups is 1. The van der Waals surface area contributed by atoms with E-state index in [1.165, 1.54) is 11.3 Å². The number of nitrogens with one attached hydrogen (secondary N) is 2. The van der Waals surface area contributed by atoms with Crippen molar-refractivity contribution in [1.82, 2.24) is 20.3 Å². The molecule has 0 aliphatic heterocycles. The van der Waals surface area contributed by atoms with E-state index in [1.807, 2.05) is 37.3 Å². The molecule has 3 aromatic rings. The number of aromatic nitrogens is 3. The summed E-state index contributed by atoms with van der Waals surface area (Å²) in [5.74, 6) is 0.804. The Kier molecular flexibility index (Phi) is 4.48. The van der Waals surface area contributed by atoms with Gasteiger partial charge in [-0.15, -0.1) is 0 Å². The maximum absolute atomic E-state index is 12.1. The molecule has 2 heterocycles. The van der Waals surface area contributed by atoms with E-state index in [0.29, 0.717) is 13.0 Å². The van der Waals surface area contributed by atoms with Crippen molar-refractivity contribution in [2.45, 2.75) is 32.6 Å². The van der Waals surface area contributed by atoms with E-state index in [4.69, 9.17) is 0 Å². The Morgan fingerprint density at radius 3 is 3.04 bits per heavy atom. The Bertz CT molecular complexity index is 970. The molecular formula is C20H21N5O. The van der Waals surface area contributed by atoms with Gasteiger partial charge >= 0.3 is 6.03 Å². The van der Waals surface area contributed by atoms with Crippen molar-refractivity contribution >= 4 is 22.6 Å². The first-order chi connectivity index (χ1) is 12.7. The summed E-state index contributed by atoms with van der Waals surface area (Å²) < 4.78 is 0. The number of pyridine rings is 1. The summed E-state index contributed by atoms with van der Waals surface area (Å²) in [5.41, 5.74) is 5.14. The van der Waals surface area contributed by atoms with Gasteiger partial charge in [-0.2, -0.15) is 0 Å². The van der Waals surface area contributed by atoms with Gasteiger partial charge in [0, 0.05) is 41.6 Å². The van der Waals surface area contributed by atoms with Crippen LogP contribution in [0.5, 0.6) is 0 Å². The van der Waals surface area contributed by atoms with Crippen molar-refractivity contribution in [1.29, 1.82) is 0 Å². The summed E-state index contributed by atoms with van der Waals surface area (Å²) in [6.45, 7) is 2.54. The second kappa shape index (κ2) is 7.07. The fourth-order valence-corrected chi connectivity index (χ4v) is 3.40. The van der Waals surface area contributed by atoms with E-state index < -0.39 is 0 Å². The third kappa shape index (κ3) is 3.49. The number of anilines is 1. The predicted molar refractivity (Wildman–Crippen MR) is 101 cm³/mol. The molecule has 0 atom stereocenters. The molecule has 6 heteroatoms. The van der Waals surface area contributed by atoms with Crippen LogP contribution in [0.3, 0.4) is 0 Å². The van der Waals surface area contributed by atoms with Gasteiger partial charge in [0.05, 0.1) is 5.52 Å². The van der Waals surface area contributed by atoms with Crippen molar-refractivity contribution < 1.29 is 4.79 Å². The molecule has 0 saturated heterocycles. The fourth-order valence-electron chi connectivity index (χ4n) is 3.40. The third-order valence-corrected chi connectivity index (χ3v) is 4.68. The van der Waals surface area contributed by atoms with E-state index in [-0.39, 0.29) is 6.03 Å². The van der Waals surface area contributed by atoms with Crippen LogP contribution >= 0.6 is 0 Å². The van der Waals surface area contributed by atoms with Crippen LogP contribution in [0.15, 0.2) is 36.5 Å². The van der Waals surface area contributed by atoms with Gasteiger partial charge in [-0.25, -0.2) is 14.8 Å². The van der Waals surface area contributed by atoms with Crippen LogP contribution in [0.2, 0.25) is 0 Å². The lowest BCUT2D eigenvalue weighted by Crippen LogP contribution is -2.30. The molecule has 2 aromatic heterocycles. The van der Waals surface area contributed by atoms with Gasteiger partial charge < -0.3 is 10.6 Å². The number of fused-ring (bicyclic) bond motifs is 2. The summed E-state index contributed by atoms with van der Waals surface area (Å²) in [4.78, 5) is 25.6. The molecule has 4 rings (SSSR count). The normalized spacial score (nSPS) is 12.8. The molecule has 0 spiro atoms. The largest absolute Gasteiger partial charge is 0.337 e. The highest BCUT2D eigenvalue weighted by atomic mass is 16.2. The Hall–Kier alpha value is -3.02. The quantitative estimate of drug-likeness (QED) is 0.760. The van der Waals surface area contributed by atoms with Crippen LogP contribution < -0.4 is 10.6 Å². The molecule has 0 unspecified atom stereocenters. The Morgan fingerprint density at radius 1 is 1.19 bits per heavy atom. The van der Waals surface area contributed by atoms with Crippen molar-refractivity contribution in [2.75, 3.05) is 11.9 Å².